The first-order chi connectivity index (χ1) is 17.1. The van der Waals surface area contributed by atoms with E-state index in [2.05, 4.69) is 40.0 Å². The van der Waals surface area contributed by atoms with Gasteiger partial charge in [0.25, 0.3) is 7.12 Å². The first kappa shape index (κ1) is 29.1. The van der Waals surface area contributed by atoms with Crippen LogP contribution in [0.3, 0.4) is 0 Å². The van der Waals surface area contributed by atoms with Gasteiger partial charge in [-0.15, -0.1) is 0 Å². The minimum atomic E-state index is -0.194. The number of imidazole rings is 1. The van der Waals surface area contributed by atoms with E-state index >= 15 is 0 Å². The Hall–Kier alpha value is -3.14. The van der Waals surface area contributed by atoms with Crippen LogP contribution in [0.2, 0.25) is 0 Å². The molecule has 0 aliphatic heterocycles. The molecular formula is C23H29BMoN9O2. The van der Waals surface area contributed by atoms with Crippen LogP contribution in [0.5, 0.6) is 0 Å². The number of hydrogen-bond acceptors (Lipinski definition) is 6. The molecule has 0 spiro atoms. The van der Waals surface area contributed by atoms with E-state index in [-0.39, 0.29) is 33.6 Å². The van der Waals surface area contributed by atoms with Crippen LogP contribution in [0, 0.1) is 35.0 Å². The molecule has 0 saturated heterocycles. The molecule has 4 heterocycles. The quantitative estimate of drug-likeness (QED) is 0.274. The molecule has 0 aromatic carbocycles. The summed E-state index contributed by atoms with van der Waals surface area (Å²) in [5.41, 5.74) is 5.72. The summed E-state index contributed by atoms with van der Waals surface area (Å²) in [4.78, 5) is 21.9. The zero-order valence-corrected chi connectivity index (χ0v) is 22.3. The van der Waals surface area contributed by atoms with Gasteiger partial charge in [-0.2, -0.15) is 0 Å². The van der Waals surface area contributed by atoms with Gasteiger partial charge < -0.3 is 33.6 Å². The van der Waals surface area contributed by atoms with Crippen LogP contribution in [0.4, 0.5) is 0 Å². The molecule has 3 atom stereocenters. The van der Waals surface area contributed by atoms with Crippen molar-refractivity contribution in [1.29, 1.82) is 0 Å². The van der Waals surface area contributed by atoms with E-state index in [4.69, 9.17) is 10.5 Å². The van der Waals surface area contributed by atoms with Crippen LogP contribution in [0.15, 0.2) is 74.1 Å². The van der Waals surface area contributed by atoms with Gasteiger partial charge >= 0.3 is 21.1 Å². The molecule has 4 aromatic heterocycles. The van der Waals surface area contributed by atoms with Crippen LogP contribution in [-0.2, 0) is 32.9 Å². The average Bonchev–Trinajstić information content (AvgIpc) is 3.72. The molecule has 36 heavy (non-hydrogen) atoms. The van der Waals surface area contributed by atoms with E-state index in [1.807, 2.05) is 54.6 Å². The van der Waals surface area contributed by atoms with Crippen molar-refractivity contribution in [2.45, 2.75) is 26.2 Å². The number of rotatable bonds is 4. The van der Waals surface area contributed by atoms with Crippen molar-refractivity contribution in [3.8, 4) is 0 Å². The van der Waals surface area contributed by atoms with Gasteiger partial charge in [-0.25, -0.2) is 20.3 Å². The summed E-state index contributed by atoms with van der Waals surface area (Å²) in [6.45, 7) is 2.10. The second-order valence-electron chi connectivity index (χ2n) is 8.69. The Balaban J connectivity index is 0.000000198. The normalized spacial score (nSPS) is 21.5. The zero-order valence-electron chi connectivity index (χ0n) is 20.3. The molecule has 0 unspecified atom stereocenters. The predicted octanol–water partition coefficient (Wildman–Crippen LogP) is 2.98. The molecule has 7 rings (SSSR count). The molecule has 4 aromatic rings. The standard InChI is InChI=1S/C10H14O.C9H9BN6.C4H6N2.Mo.NO/c1-10(7-11)6-8-2-4-9(10)5-3-8;1-4-11-14(7-1)10(15-8-2-5-12-15)16-9-3-6-13-16;1-6-3-2-5-4-6;;1-2/h2,4,7-9H,3,5-6H2,1H3;1-9H;2-4H,1H3;;/q;-1;;+2;-1/t8-,9+,10-;;;;/m1..../s1. The van der Waals surface area contributed by atoms with Gasteiger partial charge in [-0.1, -0.05) is 6.92 Å². The van der Waals surface area contributed by atoms with Gasteiger partial charge in [-0.3, -0.25) is 0 Å². The van der Waals surface area contributed by atoms with Crippen LogP contribution < -0.4 is 0 Å². The maximum absolute atomic E-state index is 10.8. The summed E-state index contributed by atoms with van der Waals surface area (Å²) in [5, 5.41) is 12.7. The minimum absolute atomic E-state index is 0. The first-order valence-electron chi connectivity index (χ1n) is 11.3. The first-order valence-corrected chi connectivity index (χ1v) is 11.3. The van der Waals surface area contributed by atoms with E-state index in [9.17, 15) is 4.79 Å². The minimum Gasteiger partial charge on any atom is -0.577 e. The summed E-state index contributed by atoms with van der Waals surface area (Å²) in [6.07, 6.45) is 25.5. The molecule has 3 aliphatic carbocycles. The van der Waals surface area contributed by atoms with Crippen LogP contribution in [0.25, 0.3) is 5.59 Å². The molecule has 0 amide bonds. The molecule has 11 nitrogen and oxygen atoms in total. The third-order valence-corrected chi connectivity index (χ3v) is 6.20. The summed E-state index contributed by atoms with van der Waals surface area (Å²) in [7, 11) is 1.74. The Morgan fingerprint density at radius 1 is 0.889 bits per heavy atom. The Morgan fingerprint density at radius 3 is 1.67 bits per heavy atom. The van der Waals surface area contributed by atoms with E-state index < -0.39 is 0 Å². The number of aldehydes is 1. The Bertz CT molecular complexity index is 1000. The van der Waals surface area contributed by atoms with Crippen molar-refractivity contribution in [2.75, 3.05) is 0 Å². The molecular weight excluding hydrogens is 541 g/mol. The third kappa shape index (κ3) is 7.43. The topological polar surface area (TPSA) is 128 Å². The number of carbonyl (C=O) groups is 1. The fourth-order valence-electron chi connectivity index (χ4n) is 4.39. The number of hydrogen-bond donors (Lipinski definition) is 0. The molecule has 3 aliphatic rings. The number of fused-ring (bicyclic) bond motifs is 3. The van der Waals surface area contributed by atoms with Gasteiger partial charge in [0.1, 0.15) is 6.29 Å². The van der Waals surface area contributed by atoms with Gasteiger partial charge in [0.15, 0.2) is 0 Å². The second kappa shape index (κ2) is 14.4. The largest absolute Gasteiger partial charge is 2.00 e. The maximum atomic E-state index is 10.8. The zero-order chi connectivity index (χ0) is 25.1. The van der Waals surface area contributed by atoms with Gasteiger partial charge in [0, 0.05) is 43.4 Å². The van der Waals surface area contributed by atoms with E-state index in [0.717, 1.165) is 12.7 Å². The van der Waals surface area contributed by atoms with Crippen molar-refractivity contribution in [3.63, 3.8) is 0 Å². The van der Waals surface area contributed by atoms with Crippen molar-refractivity contribution < 1.29 is 25.9 Å². The van der Waals surface area contributed by atoms with Crippen molar-refractivity contribution in [3.05, 3.63) is 97.4 Å². The smallest absolute Gasteiger partial charge is 0.577 e. The predicted molar refractivity (Wildman–Crippen MR) is 132 cm³/mol. The Morgan fingerprint density at radius 2 is 1.44 bits per heavy atom. The van der Waals surface area contributed by atoms with E-state index in [1.54, 1.807) is 44.9 Å². The Labute approximate surface area is 225 Å². The number of nitrogens with zero attached hydrogens (tertiary/aromatic N) is 9. The van der Waals surface area contributed by atoms with Crippen LogP contribution >= 0.6 is 0 Å². The van der Waals surface area contributed by atoms with Crippen LogP contribution in [-0.4, -0.2) is 52.0 Å². The van der Waals surface area contributed by atoms with E-state index in [1.165, 1.54) is 12.8 Å². The summed E-state index contributed by atoms with van der Waals surface area (Å²) in [6, 6.07) is 5.62. The molecule has 3 radical (unpaired) electrons. The van der Waals surface area contributed by atoms with Crippen molar-refractivity contribution in [1.82, 2.24) is 38.6 Å². The molecule has 3 saturated carbocycles. The van der Waals surface area contributed by atoms with Crippen molar-refractivity contribution >= 4 is 13.4 Å². The average molecular weight is 570 g/mol. The fraction of sp³-hybridized carbons (Fsp3) is 0.348. The SMILES string of the molecule is C[C@]1(C=O)C[C@@H]2[CH][CH][C@H]1CC2.Cn1ccnc1.[Mo+2].[N-]=O.c1cnn([B-](n2cccn2)n2cccn2)c1. The monoisotopic (exact) mass is 572 g/mol. The maximum Gasteiger partial charge on any atom is 2.00 e. The number of nitroso groups, excluding NO2 is 1. The summed E-state index contributed by atoms with van der Waals surface area (Å²) >= 11 is 0. The van der Waals surface area contributed by atoms with Crippen LogP contribution in [0.1, 0.15) is 26.2 Å². The van der Waals surface area contributed by atoms with Gasteiger partial charge in [0.05, 0.1) is 6.33 Å². The second-order valence-corrected chi connectivity index (χ2v) is 8.69. The number of aromatic nitrogens is 8. The summed E-state index contributed by atoms with van der Waals surface area (Å²) in [5.74, 6) is 1.22. The molecule has 13 heteroatoms. The van der Waals surface area contributed by atoms with Gasteiger partial charge in [-0.05, 0) is 80.7 Å². The number of carbonyl (C=O) groups excluding carboxylic acids is 1. The molecule has 0 N–H and O–H groups in total. The molecule has 2 bridgehead atoms. The third-order valence-electron chi connectivity index (χ3n) is 6.20. The Kier molecular flexibility index (Phi) is 11.7. The molecule has 3 fully saturated rings. The fourth-order valence-corrected chi connectivity index (χ4v) is 4.39. The van der Waals surface area contributed by atoms with E-state index in [0.29, 0.717) is 11.8 Å². The molecule has 187 valence electrons. The summed E-state index contributed by atoms with van der Waals surface area (Å²) < 4.78 is 7.26. The van der Waals surface area contributed by atoms with Crippen molar-refractivity contribution in [2.24, 2.45) is 24.3 Å². The number of aryl methyl sites for hydroxylation is 1. The van der Waals surface area contributed by atoms with Gasteiger partial charge in [0.2, 0.25) is 0 Å².